The lowest BCUT2D eigenvalue weighted by molar-refractivity contribution is 0.791. The van der Waals surface area contributed by atoms with Crippen molar-refractivity contribution in [3.8, 4) is 0 Å². The second kappa shape index (κ2) is 6.33. The van der Waals surface area contributed by atoms with Crippen LogP contribution in [0.15, 0.2) is 22.9 Å². The average Bonchev–Trinajstić information content (AvgIpc) is 2.79. The van der Waals surface area contributed by atoms with Crippen molar-refractivity contribution in [1.29, 1.82) is 0 Å². The number of aryl methyl sites for hydroxylation is 2. The van der Waals surface area contributed by atoms with E-state index >= 15 is 0 Å². The molecule has 0 bridgehead atoms. The van der Waals surface area contributed by atoms with Gasteiger partial charge in [-0.3, -0.25) is 4.98 Å². The molecule has 0 fully saturated rings. The van der Waals surface area contributed by atoms with Gasteiger partial charge in [0.1, 0.15) is 4.99 Å². The van der Waals surface area contributed by atoms with Crippen LogP contribution < -0.4 is 11.1 Å². The molecule has 1 unspecified atom stereocenters. The van der Waals surface area contributed by atoms with E-state index in [1.165, 1.54) is 5.56 Å². The molecule has 2 aromatic heterocycles. The third-order valence-corrected chi connectivity index (χ3v) is 4.03. The molecule has 2 heterocycles. The van der Waals surface area contributed by atoms with Crippen LogP contribution in [0, 0.1) is 13.8 Å². The Hall–Kier alpha value is -1.46. The van der Waals surface area contributed by atoms with E-state index in [1.807, 2.05) is 19.9 Å². The Bertz CT molecular complexity index is 606. The summed E-state index contributed by atoms with van der Waals surface area (Å²) in [6, 6.07) is 4.46. The third-order valence-electron chi connectivity index (χ3n) is 3.10. The molecule has 3 N–H and O–H groups in total. The lowest BCUT2D eigenvalue weighted by Crippen LogP contribution is -2.22. The van der Waals surface area contributed by atoms with E-state index in [9.17, 15) is 0 Å². The number of aromatic nitrogens is 1. The van der Waals surface area contributed by atoms with Gasteiger partial charge in [-0.05, 0) is 55.6 Å². The summed E-state index contributed by atoms with van der Waals surface area (Å²) < 4.78 is 0. The lowest BCUT2D eigenvalue weighted by atomic mass is 10.1. The van der Waals surface area contributed by atoms with Gasteiger partial charge < -0.3 is 11.1 Å². The maximum atomic E-state index is 5.83. The van der Waals surface area contributed by atoms with Gasteiger partial charge in [-0.25, -0.2) is 0 Å². The van der Waals surface area contributed by atoms with Crippen LogP contribution in [0.2, 0.25) is 0 Å². The Morgan fingerprint density at radius 1 is 1.50 bits per heavy atom. The van der Waals surface area contributed by atoms with Gasteiger partial charge in [-0.15, -0.1) is 0 Å². The van der Waals surface area contributed by atoms with Crippen molar-refractivity contribution in [2.24, 2.45) is 5.73 Å². The summed E-state index contributed by atoms with van der Waals surface area (Å²) in [5.74, 6) is 0. The molecular formula is C15H19N3S2. The van der Waals surface area contributed by atoms with Crippen molar-refractivity contribution in [1.82, 2.24) is 4.98 Å². The zero-order chi connectivity index (χ0) is 14.7. The van der Waals surface area contributed by atoms with E-state index < -0.39 is 0 Å². The molecule has 1 atom stereocenters. The highest BCUT2D eigenvalue weighted by Crippen LogP contribution is 2.21. The SMILES string of the molecule is Cc1cc(NC(C)Cc2ccsc2)c(C(N)=S)c(C)n1. The van der Waals surface area contributed by atoms with E-state index in [0.29, 0.717) is 11.0 Å². The zero-order valence-electron chi connectivity index (χ0n) is 11.9. The summed E-state index contributed by atoms with van der Waals surface area (Å²) >= 11 is 6.87. The van der Waals surface area contributed by atoms with Crippen molar-refractivity contribution in [2.45, 2.75) is 33.2 Å². The van der Waals surface area contributed by atoms with E-state index in [4.69, 9.17) is 18.0 Å². The van der Waals surface area contributed by atoms with Crippen LogP contribution in [0.4, 0.5) is 5.69 Å². The van der Waals surface area contributed by atoms with Crippen LogP contribution in [0.3, 0.4) is 0 Å². The second-order valence-corrected chi connectivity index (χ2v) is 6.24. The summed E-state index contributed by atoms with van der Waals surface area (Å²) in [4.78, 5) is 4.82. The predicted molar refractivity (Wildman–Crippen MR) is 90.7 cm³/mol. The van der Waals surface area contributed by atoms with Crippen LogP contribution in [0.1, 0.15) is 29.4 Å². The molecule has 106 valence electrons. The number of pyridine rings is 1. The molecule has 0 aliphatic rings. The van der Waals surface area contributed by atoms with Crippen molar-refractivity contribution < 1.29 is 0 Å². The Balaban J connectivity index is 2.21. The van der Waals surface area contributed by atoms with Gasteiger partial charge in [0.15, 0.2) is 0 Å². The summed E-state index contributed by atoms with van der Waals surface area (Å²) in [6.45, 7) is 6.08. The molecule has 0 aliphatic heterocycles. The summed E-state index contributed by atoms with van der Waals surface area (Å²) in [6.07, 6.45) is 0.973. The first-order valence-corrected chi connectivity index (χ1v) is 7.88. The fourth-order valence-electron chi connectivity index (χ4n) is 2.33. The van der Waals surface area contributed by atoms with Gasteiger partial charge in [0.2, 0.25) is 0 Å². The third kappa shape index (κ3) is 3.55. The first kappa shape index (κ1) is 14.9. The standard InChI is InChI=1S/C15H19N3S2/c1-9(6-12-4-5-20-8-12)18-13-7-10(2)17-11(3)14(13)15(16)19/h4-5,7-9H,6H2,1-3H3,(H2,16,19)(H,17,18). The van der Waals surface area contributed by atoms with Gasteiger partial charge >= 0.3 is 0 Å². The molecule has 2 aromatic rings. The average molecular weight is 305 g/mol. The minimum Gasteiger partial charge on any atom is -0.389 e. The van der Waals surface area contributed by atoms with Crippen molar-refractivity contribution in [2.75, 3.05) is 5.32 Å². The Morgan fingerprint density at radius 2 is 2.25 bits per heavy atom. The van der Waals surface area contributed by atoms with Crippen LogP contribution in [0.25, 0.3) is 0 Å². The van der Waals surface area contributed by atoms with E-state index in [1.54, 1.807) is 11.3 Å². The molecule has 0 saturated heterocycles. The summed E-state index contributed by atoms with van der Waals surface area (Å²) in [5.41, 5.74) is 10.8. The predicted octanol–water partition coefficient (Wildman–Crippen LogP) is 3.44. The van der Waals surface area contributed by atoms with Crippen LogP contribution in [-0.2, 0) is 6.42 Å². The minimum absolute atomic E-state index is 0.305. The Morgan fingerprint density at radius 3 is 2.85 bits per heavy atom. The first-order chi connectivity index (χ1) is 9.47. The van der Waals surface area contributed by atoms with Crippen LogP contribution >= 0.6 is 23.6 Å². The second-order valence-electron chi connectivity index (χ2n) is 5.02. The lowest BCUT2D eigenvalue weighted by Gasteiger charge is -2.19. The number of rotatable bonds is 5. The quantitative estimate of drug-likeness (QED) is 0.831. The van der Waals surface area contributed by atoms with Gasteiger partial charge in [0.05, 0.1) is 5.56 Å². The Labute approximate surface area is 129 Å². The molecule has 0 aliphatic carbocycles. The number of hydrogen-bond donors (Lipinski definition) is 2. The fourth-order valence-corrected chi connectivity index (χ4v) is 3.27. The molecule has 3 nitrogen and oxygen atoms in total. The molecular weight excluding hydrogens is 286 g/mol. The summed E-state index contributed by atoms with van der Waals surface area (Å²) in [5, 5.41) is 7.79. The number of nitrogens with one attached hydrogen (secondary N) is 1. The number of nitrogens with zero attached hydrogens (tertiary/aromatic N) is 1. The van der Waals surface area contributed by atoms with E-state index in [0.717, 1.165) is 29.1 Å². The molecule has 2 rings (SSSR count). The number of anilines is 1. The topological polar surface area (TPSA) is 50.9 Å². The van der Waals surface area contributed by atoms with Crippen molar-refractivity contribution in [3.05, 3.63) is 45.4 Å². The molecule has 0 amide bonds. The largest absolute Gasteiger partial charge is 0.389 e. The monoisotopic (exact) mass is 305 g/mol. The zero-order valence-corrected chi connectivity index (χ0v) is 13.6. The van der Waals surface area contributed by atoms with Gasteiger partial charge in [-0.1, -0.05) is 12.2 Å². The summed E-state index contributed by atoms with van der Waals surface area (Å²) in [7, 11) is 0. The van der Waals surface area contributed by atoms with Crippen molar-refractivity contribution in [3.63, 3.8) is 0 Å². The number of hydrogen-bond acceptors (Lipinski definition) is 4. The van der Waals surface area contributed by atoms with Crippen LogP contribution in [0.5, 0.6) is 0 Å². The maximum Gasteiger partial charge on any atom is 0.107 e. The first-order valence-electron chi connectivity index (χ1n) is 6.53. The smallest absolute Gasteiger partial charge is 0.107 e. The fraction of sp³-hybridized carbons (Fsp3) is 0.333. The highest BCUT2D eigenvalue weighted by Gasteiger charge is 2.13. The van der Waals surface area contributed by atoms with Gasteiger partial charge in [0, 0.05) is 23.1 Å². The molecule has 20 heavy (non-hydrogen) atoms. The molecule has 0 aromatic carbocycles. The molecule has 0 radical (unpaired) electrons. The highest BCUT2D eigenvalue weighted by atomic mass is 32.1. The van der Waals surface area contributed by atoms with E-state index in [-0.39, 0.29) is 0 Å². The van der Waals surface area contributed by atoms with E-state index in [2.05, 4.69) is 34.1 Å². The number of thiophene rings is 1. The maximum absolute atomic E-state index is 5.83. The number of thiocarbonyl (C=S) groups is 1. The normalized spacial score (nSPS) is 12.2. The number of nitrogens with two attached hydrogens (primary N) is 1. The molecule has 0 spiro atoms. The van der Waals surface area contributed by atoms with Crippen LogP contribution in [-0.4, -0.2) is 16.0 Å². The molecule has 5 heteroatoms. The van der Waals surface area contributed by atoms with Gasteiger partial charge in [0.25, 0.3) is 0 Å². The Kier molecular flexibility index (Phi) is 4.73. The highest BCUT2D eigenvalue weighted by molar-refractivity contribution is 7.80. The molecule has 0 saturated carbocycles. The van der Waals surface area contributed by atoms with Gasteiger partial charge in [-0.2, -0.15) is 11.3 Å². The minimum atomic E-state index is 0.305. The van der Waals surface area contributed by atoms with Crippen molar-refractivity contribution >= 4 is 34.2 Å².